The number of nitriles is 1. The number of nitrogens with one attached hydrogen (secondary N) is 4. The first-order chi connectivity index (χ1) is 15.4. The molecule has 2 heterocycles. The van der Waals surface area contributed by atoms with Gasteiger partial charge in [0.05, 0.1) is 29.3 Å². The van der Waals surface area contributed by atoms with Gasteiger partial charge in [0.1, 0.15) is 23.1 Å². The highest BCUT2D eigenvalue weighted by atomic mass is 16.3. The number of H-pyrrole nitrogens is 2. The molecule has 2 amide bonds. The van der Waals surface area contributed by atoms with Crippen molar-refractivity contribution in [2.24, 2.45) is 0 Å². The van der Waals surface area contributed by atoms with Gasteiger partial charge in [0, 0.05) is 18.7 Å². The number of aliphatic hydroxyl groups is 1. The fraction of sp³-hybridized carbons (Fsp3) is 0.391. The lowest BCUT2D eigenvalue weighted by atomic mass is 10.1. The Bertz CT molecular complexity index is 1120. The van der Waals surface area contributed by atoms with Gasteiger partial charge in [-0.2, -0.15) is 5.26 Å². The molecule has 0 bridgehead atoms. The van der Waals surface area contributed by atoms with Crippen LogP contribution in [0.25, 0.3) is 11.0 Å². The summed E-state index contributed by atoms with van der Waals surface area (Å²) in [7, 11) is 0. The second-order valence-electron chi connectivity index (χ2n) is 8.00. The molecule has 1 atom stereocenters. The molecular formula is C23H28N6O3. The lowest BCUT2D eigenvalue weighted by Crippen LogP contribution is -2.37. The van der Waals surface area contributed by atoms with Gasteiger partial charge in [-0.1, -0.05) is 19.9 Å². The number of aromatic amines is 2. The fourth-order valence-electron chi connectivity index (χ4n) is 3.38. The Kier molecular flexibility index (Phi) is 7.63. The van der Waals surface area contributed by atoms with E-state index in [9.17, 15) is 14.7 Å². The number of hydrogen-bond acceptors (Lipinski definition) is 5. The first-order valence-electron chi connectivity index (χ1n) is 10.7. The highest BCUT2D eigenvalue weighted by molar-refractivity contribution is 6.05. The molecule has 0 saturated heterocycles. The number of fused-ring (bicyclic) bond motifs is 1. The third-order valence-corrected chi connectivity index (χ3v) is 5.20. The van der Waals surface area contributed by atoms with Gasteiger partial charge in [-0.15, -0.1) is 0 Å². The molecule has 0 fully saturated rings. The molecule has 0 unspecified atom stereocenters. The maximum Gasteiger partial charge on any atom is 0.267 e. The third-order valence-electron chi connectivity index (χ3n) is 5.20. The predicted octanol–water partition coefficient (Wildman–Crippen LogP) is 2.58. The Labute approximate surface area is 186 Å². The van der Waals surface area contributed by atoms with Crippen LogP contribution in [0.1, 0.15) is 71.3 Å². The van der Waals surface area contributed by atoms with Crippen LogP contribution < -0.4 is 10.6 Å². The second kappa shape index (κ2) is 10.6. The minimum absolute atomic E-state index is 0.175. The first kappa shape index (κ1) is 23.0. The van der Waals surface area contributed by atoms with Gasteiger partial charge in [-0.05, 0) is 37.5 Å². The maximum atomic E-state index is 12.8. The molecule has 3 rings (SSSR count). The third kappa shape index (κ3) is 5.53. The maximum absolute atomic E-state index is 12.8. The molecule has 2 aromatic heterocycles. The Morgan fingerprint density at radius 3 is 2.75 bits per heavy atom. The van der Waals surface area contributed by atoms with Crippen LogP contribution in [-0.2, 0) is 0 Å². The van der Waals surface area contributed by atoms with Crippen LogP contribution in [0.4, 0.5) is 0 Å². The van der Waals surface area contributed by atoms with Gasteiger partial charge >= 0.3 is 0 Å². The van der Waals surface area contributed by atoms with Crippen molar-refractivity contribution in [1.82, 2.24) is 25.6 Å². The van der Waals surface area contributed by atoms with Crippen molar-refractivity contribution in [3.05, 3.63) is 53.1 Å². The number of hydrogen-bond donors (Lipinski definition) is 5. The number of benzene rings is 1. The van der Waals surface area contributed by atoms with Crippen molar-refractivity contribution < 1.29 is 14.7 Å². The SMILES string of the molecule is CC(C)c1nc2c(C(=O)N[C@H](CO)CCCCNC(=O)c3cc(C#N)c[nH]3)cccc2[nH]1. The molecular weight excluding hydrogens is 408 g/mol. The summed E-state index contributed by atoms with van der Waals surface area (Å²) in [6, 6.07) is 8.49. The highest BCUT2D eigenvalue weighted by Crippen LogP contribution is 2.20. The van der Waals surface area contributed by atoms with E-state index < -0.39 is 6.04 Å². The molecule has 1 aromatic carbocycles. The summed E-state index contributed by atoms with van der Waals surface area (Å²) in [5.41, 5.74) is 2.65. The van der Waals surface area contributed by atoms with Crippen LogP contribution in [0.5, 0.6) is 0 Å². The number of carbonyl (C=O) groups is 2. The number of nitrogens with zero attached hydrogens (tertiary/aromatic N) is 2. The summed E-state index contributed by atoms with van der Waals surface area (Å²) in [6.07, 6.45) is 3.46. The van der Waals surface area contributed by atoms with E-state index in [4.69, 9.17) is 5.26 Å². The number of carbonyl (C=O) groups excluding carboxylic acids is 2. The molecule has 0 spiro atoms. The number of amides is 2. The van der Waals surface area contributed by atoms with E-state index in [1.54, 1.807) is 12.1 Å². The topological polar surface area (TPSA) is 147 Å². The number of aromatic nitrogens is 3. The van der Waals surface area contributed by atoms with Gasteiger partial charge < -0.3 is 25.7 Å². The van der Waals surface area contributed by atoms with Crippen LogP contribution >= 0.6 is 0 Å². The Morgan fingerprint density at radius 2 is 2.06 bits per heavy atom. The number of aliphatic hydroxyl groups excluding tert-OH is 1. The van der Waals surface area contributed by atoms with Crippen LogP contribution in [0.3, 0.4) is 0 Å². The zero-order valence-electron chi connectivity index (χ0n) is 18.2. The van der Waals surface area contributed by atoms with E-state index in [-0.39, 0.29) is 24.3 Å². The Morgan fingerprint density at radius 1 is 1.25 bits per heavy atom. The highest BCUT2D eigenvalue weighted by Gasteiger charge is 2.18. The largest absolute Gasteiger partial charge is 0.394 e. The molecule has 32 heavy (non-hydrogen) atoms. The zero-order chi connectivity index (χ0) is 23.1. The molecule has 0 radical (unpaired) electrons. The van der Waals surface area contributed by atoms with Crippen LogP contribution in [-0.4, -0.2) is 51.1 Å². The van der Waals surface area contributed by atoms with E-state index >= 15 is 0 Å². The normalized spacial score (nSPS) is 12.0. The summed E-state index contributed by atoms with van der Waals surface area (Å²) in [4.78, 5) is 35.4. The van der Waals surface area contributed by atoms with Gasteiger partial charge in [0.2, 0.25) is 0 Å². The Hall–Kier alpha value is -3.64. The summed E-state index contributed by atoms with van der Waals surface area (Å²) in [5, 5.41) is 24.2. The van der Waals surface area contributed by atoms with E-state index in [1.807, 2.05) is 26.0 Å². The lowest BCUT2D eigenvalue weighted by molar-refractivity contribution is 0.0913. The smallest absolute Gasteiger partial charge is 0.267 e. The molecule has 9 nitrogen and oxygen atoms in total. The summed E-state index contributed by atoms with van der Waals surface area (Å²) in [6.45, 7) is 4.34. The van der Waals surface area contributed by atoms with Crippen molar-refractivity contribution >= 4 is 22.8 Å². The van der Waals surface area contributed by atoms with Crippen LogP contribution in [0.2, 0.25) is 0 Å². The minimum Gasteiger partial charge on any atom is -0.394 e. The van der Waals surface area contributed by atoms with Gasteiger partial charge in [-0.25, -0.2) is 4.98 Å². The molecule has 0 saturated carbocycles. The van der Waals surface area contributed by atoms with E-state index in [0.29, 0.717) is 48.1 Å². The first-order valence-corrected chi connectivity index (χ1v) is 10.7. The summed E-state index contributed by atoms with van der Waals surface area (Å²) >= 11 is 0. The van der Waals surface area contributed by atoms with Crippen LogP contribution in [0.15, 0.2) is 30.5 Å². The van der Waals surface area contributed by atoms with Crippen molar-refractivity contribution in [2.75, 3.05) is 13.2 Å². The molecule has 0 aliphatic heterocycles. The van der Waals surface area contributed by atoms with Gasteiger partial charge in [-0.3, -0.25) is 9.59 Å². The van der Waals surface area contributed by atoms with E-state index in [2.05, 4.69) is 25.6 Å². The molecule has 3 aromatic rings. The number of unbranched alkanes of at least 4 members (excludes halogenated alkanes) is 1. The number of imidazole rings is 1. The molecule has 0 aliphatic carbocycles. The monoisotopic (exact) mass is 436 g/mol. The average molecular weight is 437 g/mol. The van der Waals surface area contributed by atoms with Crippen molar-refractivity contribution in [3.8, 4) is 6.07 Å². The fourth-order valence-corrected chi connectivity index (χ4v) is 3.38. The summed E-state index contributed by atoms with van der Waals surface area (Å²) in [5.74, 6) is 0.495. The predicted molar refractivity (Wildman–Crippen MR) is 120 cm³/mol. The Balaban J connectivity index is 1.48. The minimum atomic E-state index is -0.390. The second-order valence-corrected chi connectivity index (χ2v) is 8.00. The van der Waals surface area contributed by atoms with Crippen molar-refractivity contribution in [1.29, 1.82) is 5.26 Å². The quantitative estimate of drug-likeness (QED) is 0.310. The molecule has 9 heteroatoms. The number of rotatable bonds is 10. The average Bonchev–Trinajstić information content (AvgIpc) is 3.44. The standard InChI is InChI=1S/C23H28N6O3/c1-14(2)21-28-18-8-5-7-17(20(18)29-21)22(31)27-16(13-30)6-3-4-9-25-23(32)19-10-15(11-24)12-26-19/h5,7-8,10,12,14,16,26,30H,3-4,6,9,13H2,1-2H3,(H,25,32)(H,27,31)(H,28,29)/t16-/m0/s1. The van der Waals surface area contributed by atoms with Crippen molar-refractivity contribution in [2.45, 2.75) is 45.1 Å². The molecule has 5 N–H and O–H groups in total. The molecule has 0 aliphatic rings. The van der Waals surface area contributed by atoms with E-state index in [0.717, 1.165) is 11.3 Å². The van der Waals surface area contributed by atoms with Crippen molar-refractivity contribution in [3.63, 3.8) is 0 Å². The zero-order valence-corrected chi connectivity index (χ0v) is 18.2. The van der Waals surface area contributed by atoms with Crippen LogP contribution in [0, 0.1) is 11.3 Å². The van der Waals surface area contributed by atoms with Gasteiger partial charge in [0.15, 0.2) is 0 Å². The van der Waals surface area contributed by atoms with E-state index in [1.165, 1.54) is 12.3 Å². The molecule has 168 valence electrons. The number of para-hydroxylation sites is 1. The lowest BCUT2D eigenvalue weighted by Gasteiger charge is -2.16. The van der Waals surface area contributed by atoms with Gasteiger partial charge in [0.25, 0.3) is 11.8 Å². The summed E-state index contributed by atoms with van der Waals surface area (Å²) < 4.78 is 0.